The van der Waals surface area contributed by atoms with Crippen molar-refractivity contribution in [3.63, 3.8) is 0 Å². The van der Waals surface area contributed by atoms with E-state index in [4.69, 9.17) is 5.11 Å². The molecule has 0 saturated heterocycles. The van der Waals surface area contributed by atoms with Crippen molar-refractivity contribution in [2.24, 2.45) is 0 Å². The minimum Gasteiger partial charge on any atom is -0.481 e. The van der Waals surface area contributed by atoms with Crippen LogP contribution >= 0.6 is 0 Å². The second-order valence-electron chi connectivity index (χ2n) is 6.90. The number of ether oxygens (including phenoxy) is 1. The molecule has 5 nitrogen and oxygen atoms in total. The molecule has 0 saturated carbocycles. The summed E-state index contributed by atoms with van der Waals surface area (Å²) in [5.74, 6) is -1.42. The third-order valence-electron chi connectivity index (χ3n) is 4.54. The number of carboxylic acid groups (broad SMARTS) is 1. The molecular formula is C22H24F3NO4. The minimum absolute atomic E-state index is 0.0580. The van der Waals surface area contributed by atoms with Gasteiger partial charge < -0.3 is 15.2 Å². The predicted octanol–water partition coefficient (Wildman–Crippen LogP) is 4.92. The second kappa shape index (κ2) is 10.7. The van der Waals surface area contributed by atoms with E-state index in [1.54, 1.807) is 24.3 Å². The molecule has 2 aromatic rings. The van der Waals surface area contributed by atoms with Crippen molar-refractivity contribution in [3.8, 4) is 5.75 Å². The van der Waals surface area contributed by atoms with Crippen LogP contribution in [0.1, 0.15) is 53.6 Å². The summed E-state index contributed by atoms with van der Waals surface area (Å²) in [4.78, 5) is 22.6. The quantitative estimate of drug-likeness (QED) is 0.569. The Labute approximate surface area is 172 Å². The van der Waals surface area contributed by atoms with Crippen molar-refractivity contribution in [1.82, 2.24) is 5.32 Å². The van der Waals surface area contributed by atoms with Gasteiger partial charge in [0.1, 0.15) is 5.75 Å². The van der Waals surface area contributed by atoms with Crippen LogP contribution in [0, 0.1) is 0 Å². The highest BCUT2D eigenvalue weighted by atomic mass is 19.4. The molecule has 0 aromatic heterocycles. The highest BCUT2D eigenvalue weighted by molar-refractivity contribution is 5.94. The van der Waals surface area contributed by atoms with Gasteiger partial charge in [0.15, 0.2) is 0 Å². The van der Waals surface area contributed by atoms with E-state index in [-0.39, 0.29) is 30.5 Å². The van der Waals surface area contributed by atoms with Crippen LogP contribution in [0.3, 0.4) is 0 Å². The zero-order valence-electron chi connectivity index (χ0n) is 16.5. The molecule has 0 heterocycles. The summed E-state index contributed by atoms with van der Waals surface area (Å²) in [6.45, 7) is 2.11. The highest BCUT2D eigenvalue weighted by Gasteiger charge is 2.31. The molecule has 0 spiro atoms. The fourth-order valence-electron chi connectivity index (χ4n) is 3.14. The maximum absolute atomic E-state index is 12.3. The van der Waals surface area contributed by atoms with Crippen LogP contribution in [0.2, 0.25) is 0 Å². The number of hydrogen-bond acceptors (Lipinski definition) is 3. The summed E-state index contributed by atoms with van der Waals surface area (Å²) in [6, 6.07) is 12.9. The fraction of sp³-hybridized carbons (Fsp3) is 0.364. The lowest BCUT2D eigenvalue weighted by Gasteiger charge is -2.18. The standard InChI is InChI=1S/C22H24F3NO4/c1-2-3-18(14-15-4-10-19(11-5-15)30-22(23,24)25)16-6-8-17(9-7-16)21(29)26-13-12-20(27)28/h4-11,18H,2-3,12-14H2,1H3,(H,26,29)(H,27,28)/t18-/m1/s1. The molecular weight excluding hydrogens is 399 g/mol. The average molecular weight is 423 g/mol. The zero-order chi connectivity index (χ0) is 22.1. The smallest absolute Gasteiger partial charge is 0.481 e. The Kier molecular flexibility index (Phi) is 8.26. The number of aliphatic carboxylic acids is 1. The molecule has 0 radical (unpaired) electrons. The van der Waals surface area contributed by atoms with Crippen molar-refractivity contribution in [1.29, 1.82) is 0 Å². The number of alkyl halides is 3. The number of carboxylic acids is 1. The summed E-state index contributed by atoms with van der Waals surface area (Å²) in [5, 5.41) is 11.2. The molecule has 0 aliphatic carbocycles. The molecule has 0 aliphatic rings. The first-order chi connectivity index (χ1) is 14.2. The largest absolute Gasteiger partial charge is 0.573 e. The third-order valence-corrected chi connectivity index (χ3v) is 4.54. The summed E-state index contributed by atoms with van der Waals surface area (Å²) in [7, 11) is 0. The number of halogens is 3. The lowest BCUT2D eigenvalue weighted by Crippen LogP contribution is -2.25. The molecule has 0 aliphatic heterocycles. The highest BCUT2D eigenvalue weighted by Crippen LogP contribution is 2.28. The maximum atomic E-state index is 12.3. The first kappa shape index (κ1) is 23.3. The van der Waals surface area contributed by atoms with Crippen LogP contribution in [0.5, 0.6) is 5.75 Å². The zero-order valence-corrected chi connectivity index (χ0v) is 16.5. The molecule has 2 rings (SSSR count). The van der Waals surface area contributed by atoms with Gasteiger partial charge in [-0.2, -0.15) is 0 Å². The number of amides is 1. The number of nitrogens with one attached hydrogen (secondary N) is 1. The van der Waals surface area contributed by atoms with Gasteiger partial charge in [0, 0.05) is 12.1 Å². The van der Waals surface area contributed by atoms with Gasteiger partial charge in [0.25, 0.3) is 5.91 Å². The lowest BCUT2D eigenvalue weighted by molar-refractivity contribution is -0.274. The van der Waals surface area contributed by atoms with Crippen LogP contribution in [-0.4, -0.2) is 29.9 Å². The average Bonchev–Trinajstić information content (AvgIpc) is 2.68. The summed E-state index contributed by atoms with van der Waals surface area (Å²) in [6.07, 6.45) is -2.41. The molecule has 0 bridgehead atoms. The van der Waals surface area contributed by atoms with Crippen LogP contribution in [-0.2, 0) is 11.2 Å². The normalized spacial score (nSPS) is 12.3. The summed E-state index contributed by atoms with van der Waals surface area (Å²) >= 11 is 0. The Morgan fingerprint density at radius 1 is 1.07 bits per heavy atom. The van der Waals surface area contributed by atoms with Crippen molar-refractivity contribution < 1.29 is 32.6 Å². The summed E-state index contributed by atoms with van der Waals surface area (Å²) < 4.78 is 40.8. The van der Waals surface area contributed by atoms with Gasteiger partial charge in [0.2, 0.25) is 0 Å². The van der Waals surface area contributed by atoms with Crippen LogP contribution < -0.4 is 10.1 Å². The van der Waals surface area contributed by atoms with Gasteiger partial charge in [-0.1, -0.05) is 37.6 Å². The third kappa shape index (κ3) is 7.77. The number of benzene rings is 2. The van der Waals surface area contributed by atoms with E-state index in [0.717, 1.165) is 24.0 Å². The van der Waals surface area contributed by atoms with Gasteiger partial charge in [0.05, 0.1) is 6.42 Å². The van der Waals surface area contributed by atoms with E-state index in [1.807, 2.05) is 12.1 Å². The maximum Gasteiger partial charge on any atom is 0.573 e. The molecule has 1 amide bonds. The van der Waals surface area contributed by atoms with Crippen LogP contribution in [0.15, 0.2) is 48.5 Å². The topological polar surface area (TPSA) is 75.6 Å². The Balaban J connectivity index is 2.03. The fourth-order valence-corrected chi connectivity index (χ4v) is 3.14. The molecule has 162 valence electrons. The minimum atomic E-state index is -4.71. The first-order valence-electron chi connectivity index (χ1n) is 9.62. The lowest BCUT2D eigenvalue weighted by atomic mass is 9.88. The number of carbonyl (C=O) groups excluding carboxylic acids is 1. The van der Waals surface area contributed by atoms with Crippen LogP contribution in [0.25, 0.3) is 0 Å². The van der Waals surface area contributed by atoms with E-state index in [0.29, 0.717) is 12.0 Å². The Bertz CT molecular complexity index is 833. The molecule has 0 fully saturated rings. The van der Waals surface area contributed by atoms with Crippen molar-refractivity contribution >= 4 is 11.9 Å². The number of hydrogen-bond donors (Lipinski definition) is 2. The molecule has 8 heteroatoms. The number of carbonyl (C=O) groups is 2. The van der Waals surface area contributed by atoms with E-state index in [2.05, 4.69) is 17.0 Å². The Hall–Kier alpha value is -3.03. The summed E-state index contributed by atoms with van der Waals surface area (Å²) in [5.41, 5.74) is 2.35. The van der Waals surface area contributed by atoms with Gasteiger partial charge in [-0.15, -0.1) is 13.2 Å². The van der Waals surface area contributed by atoms with Crippen LogP contribution in [0.4, 0.5) is 13.2 Å². The van der Waals surface area contributed by atoms with E-state index in [9.17, 15) is 22.8 Å². The molecule has 30 heavy (non-hydrogen) atoms. The van der Waals surface area contributed by atoms with E-state index in [1.165, 1.54) is 12.1 Å². The van der Waals surface area contributed by atoms with Crippen molar-refractivity contribution in [2.75, 3.05) is 6.54 Å². The van der Waals surface area contributed by atoms with Crippen molar-refractivity contribution in [2.45, 2.75) is 44.9 Å². The Morgan fingerprint density at radius 3 is 2.23 bits per heavy atom. The molecule has 2 N–H and O–H groups in total. The van der Waals surface area contributed by atoms with E-state index < -0.39 is 12.3 Å². The molecule has 0 unspecified atom stereocenters. The second-order valence-corrected chi connectivity index (χ2v) is 6.90. The monoisotopic (exact) mass is 423 g/mol. The Morgan fingerprint density at radius 2 is 1.70 bits per heavy atom. The first-order valence-corrected chi connectivity index (χ1v) is 9.62. The SMILES string of the molecule is CCC[C@H](Cc1ccc(OC(F)(F)F)cc1)c1ccc(C(=O)NCCC(=O)O)cc1. The molecule has 2 aromatic carbocycles. The van der Waals surface area contributed by atoms with Gasteiger partial charge >= 0.3 is 12.3 Å². The van der Waals surface area contributed by atoms with Gasteiger partial charge in [-0.25, -0.2) is 0 Å². The number of rotatable bonds is 10. The molecule has 1 atom stereocenters. The van der Waals surface area contributed by atoms with E-state index >= 15 is 0 Å². The van der Waals surface area contributed by atoms with Gasteiger partial charge in [-0.05, 0) is 54.2 Å². The predicted molar refractivity (Wildman–Crippen MR) is 106 cm³/mol. The van der Waals surface area contributed by atoms with Crippen molar-refractivity contribution in [3.05, 3.63) is 65.2 Å². The van der Waals surface area contributed by atoms with Gasteiger partial charge in [-0.3, -0.25) is 9.59 Å².